The lowest BCUT2D eigenvalue weighted by Crippen LogP contribution is -2.26. The van der Waals surface area contributed by atoms with E-state index >= 15 is 0 Å². The van der Waals surface area contributed by atoms with Crippen LogP contribution >= 0.6 is 0 Å². The molecule has 0 aromatic heterocycles. The fourth-order valence-corrected chi connectivity index (χ4v) is 2.55. The van der Waals surface area contributed by atoms with Gasteiger partial charge in [-0.05, 0) is 36.4 Å². The fraction of sp³-hybridized carbons (Fsp3) is 0.300. The molecule has 1 aliphatic rings. The van der Waals surface area contributed by atoms with Crippen LogP contribution in [0.15, 0.2) is 42.5 Å². The van der Waals surface area contributed by atoms with Gasteiger partial charge in [-0.3, -0.25) is 9.59 Å². The Balaban J connectivity index is 1.75. The van der Waals surface area contributed by atoms with Gasteiger partial charge in [-0.15, -0.1) is 0 Å². The minimum absolute atomic E-state index is 0.0917. The second kappa shape index (κ2) is 7.07. The summed E-state index contributed by atoms with van der Waals surface area (Å²) in [6, 6.07) is 12.1. The molecule has 2 N–H and O–H groups in total. The Kier molecular flexibility index (Phi) is 4.84. The van der Waals surface area contributed by atoms with Crippen molar-refractivity contribution in [2.24, 2.45) is 5.41 Å². The number of nitrogens with one attached hydrogen (secondary N) is 2. The topological polar surface area (TPSA) is 76.7 Å². The lowest BCUT2D eigenvalue weighted by Gasteiger charge is -2.19. The Morgan fingerprint density at radius 1 is 0.923 bits per heavy atom. The molecule has 3 rings (SSSR count). The molecular formula is C20H22N2O4. The van der Waals surface area contributed by atoms with E-state index in [1.807, 2.05) is 0 Å². The van der Waals surface area contributed by atoms with Gasteiger partial charge in [0.1, 0.15) is 0 Å². The van der Waals surface area contributed by atoms with E-state index in [1.165, 1.54) is 6.92 Å². The average Bonchev–Trinajstić information content (AvgIpc) is 2.73. The van der Waals surface area contributed by atoms with E-state index in [-0.39, 0.29) is 17.2 Å². The summed E-state index contributed by atoms with van der Waals surface area (Å²) in [7, 11) is 0. The number of hydrogen-bond donors (Lipinski definition) is 2. The summed E-state index contributed by atoms with van der Waals surface area (Å²) in [5, 5.41) is 5.51. The first-order valence-electron chi connectivity index (χ1n) is 8.41. The number of benzene rings is 2. The van der Waals surface area contributed by atoms with Crippen molar-refractivity contribution < 1.29 is 19.1 Å². The molecule has 0 spiro atoms. The maximum Gasteiger partial charge on any atom is 0.255 e. The van der Waals surface area contributed by atoms with Crippen molar-refractivity contribution in [3.05, 3.63) is 48.0 Å². The van der Waals surface area contributed by atoms with Gasteiger partial charge < -0.3 is 20.1 Å². The van der Waals surface area contributed by atoms with Crippen LogP contribution in [0.5, 0.6) is 11.5 Å². The summed E-state index contributed by atoms with van der Waals surface area (Å²) < 4.78 is 11.6. The normalized spacial score (nSPS) is 14.9. The van der Waals surface area contributed by atoms with Gasteiger partial charge in [0.05, 0.1) is 13.2 Å². The third-order valence-corrected chi connectivity index (χ3v) is 3.88. The summed E-state index contributed by atoms with van der Waals surface area (Å²) in [4.78, 5) is 23.7. The van der Waals surface area contributed by atoms with E-state index in [9.17, 15) is 9.59 Å². The van der Waals surface area contributed by atoms with Gasteiger partial charge in [-0.25, -0.2) is 0 Å². The third-order valence-electron chi connectivity index (χ3n) is 3.88. The predicted molar refractivity (Wildman–Crippen MR) is 99.9 cm³/mol. The number of anilines is 2. The number of rotatable bonds is 3. The van der Waals surface area contributed by atoms with Crippen molar-refractivity contribution >= 4 is 23.2 Å². The Morgan fingerprint density at radius 3 is 2.27 bits per heavy atom. The Hall–Kier alpha value is -3.02. The van der Waals surface area contributed by atoms with Gasteiger partial charge in [0.2, 0.25) is 5.91 Å². The zero-order valence-corrected chi connectivity index (χ0v) is 15.1. The minimum Gasteiger partial charge on any atom is -0.489 e. The average molecular weight is 354 g/mol. The molecule has 0 aliphatic carbocycles. The molecule has 0 unspecified atom stereocenters. The molecule has 6 nitrogen and oxygen atoms in total. The SMILES string of the molecule is CC(=O)Nc1cccc(NC(=O)c2ccc3c(c2)OCC(C)(C)CO3)c1. The molecule has 1 heterocycles. The summed E-state index contributed by atoms with van der Waals surface area (Å²) in [5.74, 6) is 0.772. The molecule has 6 heteroatoms. The lowest BCUT2D eigenvalue weighted by molar-refractivity contribution is -0.114. The van der Waals surface area contributed by atoms with Crippen molar-refractivity contribution in [3.63, 3.8) is 0 Å². The molecule has 0 fully saturated rings. The van der Waals surface area contributed by atoms with Crippen LogP contribution in [0.2, 0.25) is 0 Å². The van der Waals surface area contributed by atoms with Gasteiger partial charge in [0, 0.05) is 29.3 Å². The maximum atomic E-state index is 12.6. The molecule has 0 bridgehead atoms. The molecule has 0 radical (unpaired) electrons. The maximum absolute atomic E-state index is 12.6. The number of ether oxygens (including phenoxy) is 2. The van der Waals surface area contributed by atoms with Gasteiger partial charge in [0.15, 0.2) is 11.5 Å². The highest BCUT2D eigenvalue weighted by Gasteiger charge is 2.25. The second-order valence-corrected chi connectivity index (χ2v) is 7.12. The lowest BCUT2D eigenvalue weighted by atomic mass is 9.97. The van der Waals surface area contributed by atoms with Crippen molar-refractivity contribution in [3.8, 4) is 11.5 Å². The Bertz CT molecular complexity index is 845. The third kappa shape index (κ3) is 4.33. The van der Waals surface area contributed by atoms with E-state index in [1.54, 1.807) is 42.5 Å². The molecule has 0 saturated heterocycles. The summed E-state index contributed by atoms with van der Waals surface area (Å²) >= 11 is 0. The summed E-state index contributed by atoms with van der Waals surface area (Å²) in [6.45, 7) is 6.64. The van der Waals surface area contributed by atoms with E-state index in [0.717, 1.165) is 0 Å². The van der Waals surface area contributed by atoms with Crippen molar-refractivity contribution in [1.29, 1.82) is 0 Å². The molecule has 2 amide bonds. The zero-order chi connectivity index (χ0) is 18.7. The molecule has 26 heavy (non-hydrogen) atoms. The quantitative estimate of drug-likeness (QED) is 0.881. The first-order chi connectivity index (χ1) is 12.3. The Labute approximate surface area is 152 Å². The van der Waals surface area contributed by atoms with Crippen molar-refractivity contribution in [1.82, 2.24) is 0 Å². The van der Waals surface area contributed by atoms with Crippen LogP contribution in [0.3, 0.4) is 0 Å². The van der Waals surface area contributed by atoms with Gasteiger partial charge in [-0.2, -0.15) is 0 Å². The van der Waals surface area contributed by atoms with Gasteiger partial charge in [0.25, 0.3) is 5.91 Å². The Morgan fingerprint density at radius 2 is 1.58 bits per heavy atom. The van der Waals surface area contributed by atoms with Crippen molar-refractivity contribution in [2.45, 2.75) is 20.8 Å². The number of amides is 2. The highest BCUT2D eigenvalue weighted by Crippen LogP contribution is 2.34. The highest BCUT2D eigenvalue weighted by molar-refractivity contribution is 6.05. The second-order valence-electron chi connectivity index (χ2n) is 7.12. The smallest absolute Gasteiger partial charge is 0.255 e. The van der Waals surface area contributed by atoms with Gasteiger partial charge in [-0.1, -0.05) is 19.9 Å². The van der Waals surface area contributed by atoms with Crippen LogP contribution in [0.25, 0.3) is 0 Å². The molecule has 136 valence electrons. The predicted octanol–water partition coefficient (Wildman–Crippen LogP) is 3.69. The van der Waals surface area contributed by atoms with Crippen LogP contribution in [-0.4, -0.2) is 25.0 Å². The first kappa shape index (κ1) is 17.8. The van der Waals surface area contributed by atoms with Crippen LogP contribution in [0.1, 0.15) is 31.1 Å². The molecular weight excluding hydrogens is 332 g/mol. The number of fused-ring (bicyclic) bond motifs is 1. The van der Waals surface area contributed by atoms with Crippen molar-refractivity contribution in [2.75, 3.05) is 23.8 Å². The van der Waals surface area contributed by atoms with Crippen LogP contribution < -0.4 is 20.1 Å². The van der Waals surface area contributed by atoms with Crippen LogP contribution in [0, 0.1) is 5.41 Å². The minimum atomic E-state index is -0.264. The number of carbonyl (C=O) groups is 2. The number of hydrogen-bond acceptors (Lipinski definition) is 4. The highest BCUT2D eigenvalue weighted by atomic mass is 16.5. The van der Waals surface area contributed by atoms with E-state index in [0.29, 0.717) is 41.7 Å². The van der Waals surface area contributed by atoms with E-state index < -0.39 is 0 Å². The first-order valence-corrected chi connectivity index (χ1v) is 8.41. The zero-order valence-electron chi connectivity index (χ0n) is 15.1. The van der Waals surface area contributed by atoms with E-state index in [2.05, 4.69) is 24.5 Å². The molecule has 0 atom stereocenters. The molecule has 0 saturated carbocycles. The molecule has 2 aromatic rings. The van der Waals surface area contributed by atoms with Gasteiger partial charge >= 0.3 is 0 Å². The standard InChI is InChI=1S/C20H22N2O4/c1-13(23)21-15-5-4-6-16(10-15)22-19(24)14-7-8-17-18(9-14)26-12-20(2,3)11-25-17/h4-10H,11-12H2,1-3H3,(H,21,23)(H,22,24). The van der Waals surface area contributed by atoms with E-state index in [4.69, 9.17) is 9.47 Å². The van der Waals surface area contributed by atoms with Crippen LogP contribution in [-0.2, 0) is 4.79 Å². The monoisotopic (exact) mass is 354 g/mol. The molecule has 2 aromatic carbocycles. The van der Waals surface area contributed by atoms with Crippen LogP contribution in [0.4, 0.5) is 11.4 Å². The number of carbonyl (C=O) groups excluding carboxylic acids is 2. The molecule has 1 aliphatic heterocycles. The largest absolute Gasteiger partial charge is 0.489 e. The summed E-state index contributed by atoms with van der Waals surface area (Å²) in [5.41, 5.74) is 1.59. The summed E-state index contributed by atoms with van der Waals surface area (Å²) in [6.07, 6.45) is 0. The fourth-order valence-electron chi connectivity index (χ4n) is 2.55.